The number of hydrogen-bond donors (Lipinski definition) is 0. The molecule has 1 fully saturated rings. The Bertz CT molecular complexity index is 467. The van der Waals surface area contributed by atoms with Gasteiger partial charge in [0, 0.05) is 18.1 Å². The summed E-state index contributed by atoms with van der Waals surface area (Å²) >= 11 is 0. The standard InChI is InChI=1S/C16H22O3/c1-4-17-13-9-5-7-11-14-12(8-6-10-18-14)16(2,3)19-15(11)13/h5,7,9,12,14H,4,6,8,10H2,1-3H3. The number of ether oxygens (including phenoxy) is 3. The molecular weight excluding hydrogens is 240 g/mol. The maximum atomic E-state index is 6.27. The Labute approximate surface area is 114 Å². The smallest absolute Gasteiger partial charge is 0.167 e. The number of hydrogen-bond acceptors (Lipinski definition) is 3. The lowest BCUT2D eigenvalue weighted by Gasteiger charge is -2.47. The van der Waals surface area contributed by atoms with E-state index in [4.69, 9.17) is 14.2 Å². The van der Waals surface area contributed by atoms with Gasteiger partial charge in [0.25, 0.3) is 0 Å². The summed E-state index contributed by atoms with van der Waals surface area (Å²) in [5.41, 5.74) is 0.945. The first-order chi connectivity index (χ1) is 9.13. The van der Waals surface area contributed by atoms with E-state index in [0.717, 1.165) is 36.5 Å². The van der Waals surface area contributed by atoms with Gasteiger partial charge in [0.05, 0.1) is 12.7 Å². The van der Waals surface area contributed by atoms with E-state index < -0.39 is 0 Å². The zero-order valence-electron chi connectivity index (χ0n) is 11.9. The molecule has 104 valence electrons. The molecule has 0 saturated carbocycles. The monoisotopic (exact) mass is 262 g/mol. The molecule has 1 aromatic rings. The van der Waals surface area contributed by atoms with Crippen LogP contribution in [0.15, 0.2) is 18.2 Å². The Morgan fingerprint density at radius 3 is 3.00 bits per heavy atom. The fourth-order valence-corrected chi connectivity index (χ4v) is 3.27. The van der Waals surface area contributed by atoms with Gasteiger partial charge in [0.1, 0.15) is 5.60 Å². The fourth-order valence-electron chi connectivity index (χ4n) is 3.27. The molecular formula is C16H22O3. The second-order valence-corrected chi connectivity index (χ2v) is 5.85. The van der Waals surface area contributed by atoms with Gasteiger partial charge < -0.3 is 14.2 Å². The summed E-state index contributed by atoms with van der Waals surface area (Å²) < 4.78 is 18.0. The summed E-state index contributed by atoms with van der Waals surface area (Å²) in [4.78, 5) is 0. The number of fused-ring (bicyclic) bond motifs is 3. The van der Waals surface area contributed by atoms with Crippen LogP contribution in [0.5, 0.6) is 11.5 Å². The summed E-state index contributed by atoms with van der Waals surface area (Å²) in [7, 11) is 0. The highest BCUT2D eigenvalue weighted by Crippen LogP contribution is 2.52. The second-order valence-electron chi connectivity index (χ2n) is 5.85. The van der Waals surface area contributed by atoms with Crippen LogP contribution >= 0.6 is 0 Å². The van der Waals surface area contributed by atoms with Crippen molar-refractivity contribution in [3.63, 3.8) is 0 Å². The molecule has 0 amide bonds. The minimum absolute atomic E-state index is 0.146. The molecule has 19 heavy (non-hydrogen) atoms. The van der Waals surface area contributed by atoms with Crippen molar-refractivity contribution >= 4 is 0 Å². The van der Waals surface area contributed by atoms with Crippen LogP contribution < -0.4 is 9.47 Å². The molecule has 1 aromatic carbocycles. The van der Waals surface area contributed by atoms with Gasteiger partial charge in [-0.05, 0) is 39.7 Å². The van der Waals surface area contributed by atoms with Crippen LogP contribution in [0, 0.1) is 5.92 Å². The molecule has 0 bridgehead atoms. The van der Waals surface area contributed by atoms with Crippen molar-refractivity contribution in [3.05, 3.63) is 23.8 Å². The minimum Gasteiger partial charge on any atom is -0.490 e. The quantitative estimate of drug-likeness (QED) is 0.813. The topological polar surface area (TPSA) is 27.7 Å². The van der Waals surface area contributed by atoms with Gasteiger partial charge in [-0.2, -0.15) is 0 Å². The van der Waals surface area contributed by atoms with Gasteiger partial charge >= 0.3 is 0 Å². The van der Waals surface area contributed by atoms with E-state index in [0.29, 0.717) is 12.5 Å². The van der Waals surface area contributed by atoms with Gasteiger partial charge in [-0.3, -0.25) is 0 Å². The van der Waals surface area contributed by atoms with Crippen molar-refractivity contribution in [1.29, 1.82) is 0 Å². The van der Waals surface area contributed by atoms with E-state index in [1.807, 2.05) is 19.1 Å². The third-order valence-corrected chi connectivity index (χ3v) is 4.20. The van der Waals surface area contributed by atoms with E-state index in [-0.39, 0.29) is 11.7 Å². The Morgan fingerprint density at radius 2 is 2.21 bits per heavy atom. The van der Waals surface area contributed by atoms with Crippen molar-refractivity contribution in [1.82, 2.24) is 0 Å². The zero-order chi connectivity index (χ0) is 13.5. The Hall–Kier alpha value is -1.22. The minimum atomic E-state index is -0.203. The molecule has 0 aliphatic carbocycles. The third kappa shape index (κ3) is 2.10. The second kappa shape index (κ2) is 4.71. The molecule has 0 radical (unpaired) electrons. The molecule has 3 heteroatoms. The van der Waals surface area contributed by atoms with Crippen LogP contribution in [0.25, 0.3) is 0 Å². The maximum Gasteiger partial charge on any atom is 0.167 e. The van der Waals surface area contributed by atoms with Crippen molar-refractivity contribution in [2.45, 2.75) is 45.3 Å². The molecule has 3 rings (SSSR count). The number of rotatable bonds is 2. The molecule has 1 saturated heterocycles. The molecule has 2 heterocycles. The predicted octanol–water partition coefficient (Wildman–Crippen LogP) is 3.72. The number of benzene rings is 1. The summed E-state index contributed by atoms with van der Waals surface area (Å²) in [6, 6.07) is 6.11. The fraction of sp³-hybridized carbons (Fsp3) is 0.625. The third-order valence-electron chi connectivity index (χ3n) is 4.20. The highest BCUT2D eigenvalue weighted by Gasteiger charge is 2.46. The average molecular weight is 262 g/mol. The predicted molar refractivity (Wildman–Crippen MR) is 73.7 cm³/mol. The van der Waals surface area contributed by atoms with Gasteiger partial charge in [-0.25, -0.2) is 0 Å². The molecule has 0 N–H and O–H groups in total. The van der Waals surface area contributed by atoms with E-state index >= 15 is 0 Å². The Kier molecular flexibility index (Phi) is 3.17. The molecule has 0 spiro atoms. The van der Waals surface area contributed by atoms with Crippen molar-refractivity contribution in [3.8, 4) is 11.5 Å². The van der Waals surface area contributed by atoms with Crippen LogP contribution in [-0.4, -0.2) is 18.8 Å². The normalized spacial score (nSPS) is 27.9. The van der Waals surface area contributed by atoms with Crippen molar-refractivity contribution < 1.29 is 14.2 Å². The van der Waals surface area contributed by atoms with Gasteiger partial charge in [-0.15, -0.1) is 0 Å². The molecule has 2 aliphatic rings. The van der Waals surface area contributed by atoms with Gasteiger partial charge in [0.15, 0.2) is 11.5 Å². The summed E-state index contributed by atoms with van der Waals surface area (Å²) in [5, 5.41) is 0. The Balaban J connectivity index is 2.06. The van der Waals surface area contributed by atoms with E-state index in [9.17, 15) is 0 Å². The first-order valence-corrected chi connectivity index (χ1v) is 7.20. The summed E-state index contributed by atoms with van der Waals surface area (Å²) in [6.45, 7) is 7.80. The number of para-hydroxylation sites is 1. The van der Waals surface area contributed by atoms with Crippen LogP contribution in [0.4, 0.5) is 0 Å². The largest absolute Gasteiger partial charge is 0.490 e. The van der Waals surface area contributed by atoms with Crippen LogP contribution in [0.1, 0.15) is 45.3 Å². The molecule has 2 aliphatic heterocycles. The molecule has 3 nitrogen and oxygen atoms in total. The lowest BCUT2D eigenvalue weighted by molar-refractivity contribution is -0.117. The molecule has 2 unspecified atom stereocenters. The van der Waals surface area contributed by atoms with E-state index in [2.05, 4.69) is 19.9 Å². The van der Waals surface area contributed by atoms with E-state index in [1.165, 1.54) is 0 Å². The van der Waals surface area contributed by atoms with Crippen molar-refractivity contribution in [2.24, 2.45) is 5.92 Å². The summed E-state index contributed by atoms with van der Waals surface area (Å²) in [5.74, 6) is 2.13. The average Bonchev–Trinajstić information content (AvgIpc) is 2.40. The first-order valence-electron chi connectivity index (χ1n) is 7.20. The highest BCUT2D eigenvalue weighted by atomic mass is 16.5. The van der Waals surface area contributed by atoms with Gasteiger partial charge in [-0.1, -0.05) is 12.1 Å². The summed E-state index contributed by atoms with van der Waals surface area (Å²) in [6.07, 6.45) is 2.43. The van der Waals surface area contributed by atoms with E-state index in [1.54, 1.807) is 0 Å². The molecule has 2 atom stereocenters. The van der Waals surface area contributed by atoms with Crippen molar-refractivity contribution in [2.75, 3.05) is 13.2 Å². The van der Waals surface area contributed by atoms with Gasteiger partial charge in [0.2, 0.25) is 0 Å². The molecule has 0 aromatic heterocycles. The first kappa shape index (κ1) is 12.8. The SMILES string of the molecule is CCOc1cccc2c1OC(C)(C)C1CCCOC21. The van der Waals surface area contributed by atoms with Crippen LogP contribution in [0.2, 0.25) is 0 Å². The lowest BCUT2D eigenvalue weighted by atomic mass is 9.76. The van der Waals surface area contributed by atoms with Crippen LogP contribution in [-0.2, 0) is 4.74 Å². The Morgan fingerprint density at radius 1 is 1.37 bits per heavy atom. The highest BCUT2D eigenvalue weighted by molar-refractivity contribution is 5.50. The van der Waals surface area contributed by atoms with Crippen LogP contribution in [0.3, 0.4) is 0 Å². The maximum absolute atomic E-state index is 6.27. The zero-order valence-corrected chi connectivity index (χ0v) is 11.9. The lowest BCUT2D eigenvalue weighted by Crippen LogP contribution is -2.47.